The predicted molar refractivity (Wildman–Crippen MR) is 135 cm³/mol. The fraction of sp³-hybridized carbons (Fsp3) is 0.567. The molecular weight excluding hydrogens is 438 g/mol. The normalized spacial score (nSPS) is 36.6. The highest BCUT2D eigenvalue weighted by Crippen LogP contribution is 2.62. The van der Waals surface area contributed by atoms with E-state index in [0.29, 0.717) is 25.5 Å². The fourth-order valence-corrected chi connectivity index (χ4v) is 7.27. The third-order valence-corrected chi connectivity index (χ3v) is 9.21. The van der Waals surface area contributed by atoms with Gasteiger partial charge in [-0.1, -0.05) is 74.5 Å². The molecule has 35 heavy (non-hydrogen) atoms. The van der Waals surface area contributed by atoms with Gasteiger partial charge in [0, 0.05) is 24.8 Å². The second kappa shape index (κ2) is 10.0. The number of ether oxygens (including phenoxy) is 2. The lowest BCUT2D eigenvalue weighted by Gasteiger charge is -2.63. The van der Waals surface area contributed by atoms with E-state index in [0.717, 1.165) is 37.7 Å². The van der Waals surface area contributed by atoms with Crippen molar-refractivity contribution in [1.29, 1.82) is 0 Å². The Labute approximate surface area is 209 Å². The molecule has 0 radical (unpaired) electrons. The van der Waals surface area contributed by atoms with Crippen molar-refractivity contribution >= 4 is 5.91 Å². The van der Waals surface area contributed by atoms with Crippen LogP contribution < -0.4 is 5.32 Å². The van der Waals surface area contributed by atoms with Crippen molar-refractivity contribution < 1.29 is 19.4 Å². The van der Waals surface area contributed by atoms with Crippen LogP contribution in [-0.4, -0.2) is 36.1 Å². The van der Waals surface area contributed by atoms with Gasteiger partial charge in [0.1, 0.15) is 0 Å². The lowest BCUT2D eigenvalue weighted by atomic mass is 9.46. The molecule has 0 aromatic heterocycles. The lowest BCUT2D eigenvalue weighted by Crippen LogP contribution is -2.63. The molecule has 2 saturated carbocycles. The van der Waals surface area contributed by atoms with Gasteiger partial charge in [-0.2, -0.15) is 0 Å². The van der Waals surface area contributed by atoms with E-state index in [1.807, 2.05) is 36.4 Å². The number of carbonyl (C=O) groups excluding carboxylic acids is 1. The van der Waals surface area contributed by atoms with Gasteiger partial charge in [-0.25, -0.2) is 0 Å². The molecule has 3 aliphatic rings. The first-order chi connectivity index (χ1) is 16.9. The van der Waals surface area contributed by atoms with Gasteiger partial charge in [-0.15, -0.1) is 0 Å². The number of benzene rings is 2. The van der Waals surface area contributed by atoms with E-state index in [9.17, 15) is 9.90 Å². The summed E-state index contributed by atoms with van der Waals surface area (Å²) in [6.45, 7) is 5.79. The highest BCUT2D eigenvalue weighted by Gasteiger charge is 2.61. The van der Waals surface area contributed by atoms with Gasteiger partial charge in [0.2, 0.25) is 5.91 Å². The summed E-state index contributed by atoms with van der Waals surface area (Å²) < 4.78 is 12.9. The Morgan fingerprint density at radius 3 is 2.37 bits per heavy atom. The van der Waals surface area contributed by atoms with E-state index in [1.54, 1.807) is 0 Å². The van der Waals surface area contributed by atoms with Gasteiger partial charge < -0.3 is 19.9 Å². The van der Waals surface area contributed by atoms with Crippen molar-refractivity contribution in [2.24, 2.45) is 22.7 Å². The number of rotatable bonds is 6. The molecule has 1 aliphatic heterocycles. The standard InChI is InChI=1S/C30H39NO4/c1-29-16-15-26-30(2,20-34-28(35-26)17-21-9-5-3-6-10-21)25(29)14-13-24(32)23(29)18-27(33)31-19-22-11-7-4-8-12-22/h3-12,23-26,28,32H,13-20H2,1-2H3,(H,31,33)/t23-,24-,25?,26-,28-,29+,30+/m1/s1. The summed E-state index contributed by atoms with van der Waals surface area (Å²) in [6, 6.07) is 20.3. The minimum Gasteiger partial charge on any atom is -0.393 e. The summed E-state index contributed by atoms with van der Waals surface area (Å²) in [5.41, 5.74) is 2.08. The predicted octanol–water partition coefficient (Wildman–Crippen LogP) is 4.87. The molecule has 2 aromatic carbocycles. The SMILES string of the molecule is C[C@@]12CO[C@@H](Cc3ccccc3)O[C@@H]1CC[C@]1(C)C2CC[C@@H](O)[C@H]1CC(=O)NCc1ccccc1. The van der Waals surface area contributed by atoms with E-state index in [-0.39, 0.29) is 35.0 Å². The molecule has 1 heterocycles. The van der Waals surface area contributed by atoms with E-state index in [2.05, 4.69) is 43.4 Å². The maximum atomic E-state index is 13.0. The van der Waals surface area contributed by atoms with Gasteiger partial charge in [-0.05, 0) is 54.1 Å². The molecule has 188 valence electrons. The average molecular weight is 478 g/mol. The van der Waals surface area contributed by atoms with Crippen LogP contribution in [0, 0.1) is 22.7 Å². The van der Waals surface area contributed by atoms with E-state index < -0.39 is 6.10 Å². The number of aliphatic hydroxyl groups is 1. The average Bonchev–Trinajstić information content (AvgIpc) is 2.86. The second-order valence-electron chi connectivity index (χ2n) is 11.4. The molecule has 5 nitrogen and oxygen atoms in total. The first-order valence-electron chi connectivity index (χ1n) is 13.2. The summed E-state index contributed by atoms with van der Waals surface area (Å²) in [6.07, 6.45) is 4.18. The summed E-state index contributed by atoms with van der Waals surface area (Å²) >= 11 is 0. The topological polar surface area (TPSA) is 67.8 Å². The van der Waals surface area contributed by atoms with Crippen molar-refractivity contribution in [3.8, 4) is 0 Å². The third kappa shape index (κ3) is 4.91. The highest BCUT2D eigenvalue weighted by molar-refractivity contribution is 5.76. The molecule has 5 rings (SSSR count). The fourth-order valence-electron chi connectivity index (χ4n) is 7.27. The molecule has 1 amide bonds. The van der Waals surface area contributed by atoms with E-state index >= 15 is 0 Å². The van der Waals surface area contributed by atoms with E-state index in [1.165, 1.54) is 5.56 Å². The molecule has 5 heteroatoms. The zero-order chi connectivity index (χ0) is 24.5. The lowest BCUT2D eigenvalue weighted by molar-refractivity contribution is -0.308. The van der Waals surface area contributed by atoms with Crippen LogP contribution in [0.3, 0.4) is 0 Å². The Hall–Kier alpha value is -2.21. The molecule has 2 aliphatic carbocycles. The van der Waals surface area contributed by atoms with Gasteiger partial charge in [0.15, 0.2) is 6.29 Å². The molecule has 0 bridgehead atoms. The quantitative estimate of drug-likeness (QED) is 0.623. The van der Waals surface area contributed by atoms with Crippen LogP contribution in [0.15, 0.2) is 60.7 Å². The minimum atomic E-state index is -0.449. The number of fused-ring (bicyclic) bond motifs is 3. The first-order valence-corrected chi connectivity index (χ1v) is 13.2. The van der Waals surface area contributed by atoms with Crippen LogP contribution in [0.2, 0.25) is 0 Å². The van der Waals surface area contributed by atoms with Crippen LogP contribution in [0.25, 0.3) is 0 Å². The molecule has 3 fully saturated rings. The summed E-state index contributed by atoms with van der Waals surface area (Å²) in [7, 11) is 0. The summed E-state index contributed by atoms with van der Waals surface area (Å²) in [5.74, 6) is 0.310. The number of amides is 1. The Morgan fingerprint density at radius 2 is 1.66 bits per heavy atom. The van der Waals surface area contributed by atoms with Crippen molar-refractivity contribution in [1.82, 2.24) is 5.32 Å². The largest absolute Gasteiger partial charge is 0.393 e. The summed E-state index contributed by atoms with van der Waals surface area (Å²) in [5, 5.41) is 14.1. The highest BCUT2D eigenvalue weighted by atomic mass is 16.7. The van der Waals surface area contributed by atoms with Crippen LogP contribution >= 0.6 is 0 Å². The van der Waals surface area contributed by atoms with Crippen LogP contribution in [0.5, 0.6) is 0 Å². The molecule has 7 atom stereocenters. The smallest absolute Gasteiger partial charge is 0.220 e. The molecule has 2 aromatic rings. The third-order valence-electron chi connectivity index (χ3n) is 9.21. The number of carbonyl (C=O) groups is 1. The number of nitrogens with one attached hydrogen (secondary N) is 1. The van der Waals surface area contributed by atoms with Crippen molar-refractivity contribution in [2.45, 2.75) is 77.4 Å². The first kappa shape index (κ1) is 24.5. The van der Waals surface area contributed by atoms with Gasteiger partial charge in [0.05, 0.1) is 18.8 Å². The van der Waals surface area contributed by atoms with Gasteiger partial charge in [0.25, 0.3) is 0 Å². The van der Waals surface area contributed by atoms with Crippen molar-refractivity contribution in [3.05, 3.63) is 71.8 Å². The molecule has 0 spiro atoms. The maximum Gasteiger partial charge on any atom is 0.220 e. The van der Waals surface area contributed by atoms with Crippen molar-refractivity contribution in [2.75, 3.05) is 6.61 Å². The van der Waals surface area contributed by atoms with Crippen molar-refractivity contribution in [3.63, 3.8) is 0 Å². The minimum absolute atomic E-state index is 0.0196. The van der Waals surface area contributed by atoms with Crippen LogP contribution in [0.1, 0.15) is 57.1 Å². The zero-order valence-corrected chi connectivity index (χ0v) is 21.0. The summed E-state index contributed by atoms with van der Waals surface area (Å²) in [4.78, 5) is 13.0. The van der Waals surface area contributed by atoms with Crippen LogP contribution in [-0.2, 0) is 27.2 Å². The second-order valence-corrected chi connectivity index (χ2v) is 11.4. The van der Waals surface area contributed by atoms with Gasteiger partial charge >= 0.3 is 0 Å². The molecule has 2 N–H and O–H groups in total. The maximum absolute atomic E-state index is 13.0. The molecule has 1 saturated heterocycles. The zero-order valence-electron chi connectivity index (χ0n) is 21.0. The molecule has 1 unspecified atom stereocenters. The van der Waals surface area contributed by atoms with Gasteiger partial charge in [-0.3, -0.25) is 4.79 Å². The Balaban J connectivity index is 1.26. The Morgan fingerprint density at radius 1 is 0.971 bits per heavy atom. The Kier molecular flexibility index (Phi) is 7.02. The Bertz CT molecular complexity index is 998. The number of hydrogen-bond donors (Lipinski definition) is 2. The van der Waals surface area contributed by atoms with E-state index in [4.69, 9.17) is 9.47 Å². The molecular formula is C30H39NO4. The monoisotopic (exact) mass is 477 g/mol. The number of aliphatic hydroxyl groups excluding tert-OH is 1. The van der Waals surface area contributed by atoms with Crippen LogP contribution in [0.4, 0.5) is 0 Å². The number of hydrogen-bond acceptors (Lipinski definition) is 4.